The maximum Gasteiger partial charge on any atom is 0.330 e. The van der Waals surface area contributed by atoms with Crippen LogP contribution in [0.15, 0.2) is 32.3 Å². The Balaban J connectivity index is 1.95. The van der Waals surface area contributed by atoms with Crippen molar-refractivity contribution >= 4 is 33.3 Å². The number of aromatic amines is 1. The number of nitrogens with one attached hydrogen (secondary N) is 1. The number of H-pyrrole nitrogens is 1. The van der Waals surface area contributed by atoms with E-state index in [-0.39, 0.29) is 23.3 Å². The third kappa shape index (κ3) is 5.17. The molecule has 2 aromatic rings. The molecular weight excluding hydrogens is 471 g/mol. The van der Waals surface area contributed by atoms with Crippen LogP contribution in [0.3, 0.4) is 0 Å². The van der Waals surface area contributed by atoms with Crippen molar-refractivity contribution < 1.29 is 13.9 Å². The minimum absolute atomic E-state index is 0.0442. The third-order valence-electron chi connectivity index (χ3n) is 5.39. The molecule has 0 radical (unpaired) electrons. The molecule has 0 aliphatic heterocycles. The number of nitrogens with two attached hydrogens (primary N) is 1. The van der Waals surface area contributed by atoms with Crippen LogP contribution in [0.2, 0.25) is 0 Å². The number of halogens is 2. The van der Waals surface area contributed by atoms with Gasteiger partial charge >= 0.3 is 5.69 Å². The summed E-state index contributed by atoms with van der Waals surface area (Å²) < 4.78 is 21.3. The van der Waals surface area contributed by atoms with Crippen LogP contribution in [-0.2, 0) is 11.3 Å². The maximum absolute atomic E-state index is 14.1. The first kappa shape index (κ1) is 23.1. The zero-order chi connectivity index (χ0) is 22.5. The Labute approximate surface area is 187 Å². The molecule has 0 atom stereocenters. The summed E-state index contributed by atoms with van der Waals surface area (Å²) in [4.78, 5) is 41.7. The second-order valence-corrected chi connectivity index (χ2v) is 8.48. The van der Waals surface area contributed by atoms with E-state index in [2.05, 4.69) is 20.9 Å². The molecule has 10 heteroatoms. The molecule has 3 N–H and O–H groups in total. The average molecular weight is 497 g/mol. The summed E-state index contributed by atoms with van der Waals surface area (Å²) >= 11 is 3.17. The minimum Gasteiger partial charge on any atom is -0.481 e. The number of unbranched alkanes of at least 4 members (excludes halogenated alkanes) is 1. The number of aromatic nitrogens is 2. The maximum atomic E-state index is 14.1. The molecule has 0 unspecified atom stereocenters. The van der Waals surface area contributed by atoms with Crippen molar-refractivity contribution in [3.05, 3.63) is 49.3 Å². The van der Waals surface area contributed by atoms with E-state index in [4.69, 9.17) is 10.5 Å². The van der Waals surface area contributed by atoms with Gasteiger partial charge in [0.1, 0.15) is 5.82 Å². The van der Waals surface area contributed by atoms with Gasteiger partial charge in [0.15, 0.2) is 23.9 Å². The number of hydrogen-bond donors (Lipinski definition) is 2. The van der Waals surface area contributed by atoms with Gasteiger partial charge in [0.2, 0.25) is 0 Å². The lowest BCUT2D eigenvalue weighted by molar-refractivity contribution is -0.121. The minimum atomic E-state index is -0.717. The van der Waals surface area contributed by atoms with Crippen LogP contribution in [0.4, 0.5) is 15.9 Å². The highest BCUT2D eigenvalue weighted by molar-refractivity contribution is 9.10. The van der Waals surface area contributed by atoms with Crippen molar-refractivity contribution in [3.8, 4) is 5.75 Å². The van der Waals surface area contributed by atoms with Crippen LogP contribution < -0.4 is 26.6 Å². The molecular formula is C21H26BrFN4O4. The summed E-state index contributed by atoms with van der Waals surface area (Å²) in [6, 6.07) is 4.01. The van der Waals surface area contributed by atoms with Crippen molar-refractivity contribution in [2.75, 3.05) is 17.2 Å². The number of anilines is 2. The number of nitrogen functional groups attached to an aromatic ring is 1. The standard InChI is InChI=1S/C21H26BrFN4O4/c1-2-3-10-26-19(24)18(20(29)25-21(26)30)27(14-6-4-5-7-14)17(28)12-31-16-9-8-13(22)11-15(16)23/h8-9,11,14H,2-7,10,12,24H2,1H3,(H,25,29,30). The van der Waals surface area contributed by atoms with Gasteiger partial charge in [-0.2, -0.15) is 0 Å². The molecule has 1 amide bonds. The highest BCUT2D eigenvalue weighted by atomic mass is 79.9. The van der Waals surface area contributed by atoms with Crippen LogP contribution in [0.5, 0.6) is 5.75 Å². The van der Waals surface area contributed by atoms with Gasteiger partial charge in [-0.25, -0.2) is 9.18 Å². The summed E-state index contributed by atoms with van der Waals surface area (Å²) in [5, 5.41) is 0. The smallest absolute Gasteiger partial charge is 0.330 e. The van der Waals surface area contributed by atoms with Crippen LogP contribution >= 0.6 is 15.9 Å². The first-order valence-electron chi connectivity index (χ1n) is 10.4. The molecule has 1 aliphatic carbocycles. The number of ether oxygens (including phenoxy) is 1. The molecule has 8 nitrogen and oxygen atoms in total. The molecule has 0 bridgehead atoms. The Morgan fingerprint density at radius 1 is 1.35 bits per heavy atom. The van der Waals surface area contributed by atoms with Gasteiger partial charge in [-0.05, 0) is 37.5 Å². The van der Waals surface area contributed by atoms with E-state index >= 15 is 0 Å². The van der Waals surface area contributed by atoms with Crippen molar-refractivity contribution in [2.24, 2.45) is 0 Å². The zero-order valence-electron chi connectivity index (χ0n) is 17.3. The number of hydrogen-bond acceptors (Lipinski definition) is 5. The molecule has 31 heavy (non-hydrogen) atoms. The summed E-state index contributed by atoms with van der Waals surface area (Å²) in [5.41, 5.74) is 4.85. The predicted octanol–water partition coefficient (Wildman–Crippen LogP) is 3.18. The summed E-state index contributed by atoms with van der Waals surface area (Å²) in [7, 11) is 0. The van der Waals surface area contributed by atoms with E-state index in [1.165, 1.54) is 21.6 Å². The van der Waals surface area contributed by atoms with Gasteiger partial charge in [-0.15, -0.1) is 0 Å². The molecule has 1 saturated carbocycles. The number of carbonyl (C=O) groups is 1. The Hall–Kier alpha value is -2.62. The number of amides is 1. The molecule has 1 aromatic carbocycles. The molecule has 0 saturated heterocycles. The number of nitrogens with zero attached hydrogens (tertiary/aromatic N) is 2. The zero-order valence-corrected chi connectivity index (χ0v) is 18.9. The quantitative estimate of drug-likeness (QED) is 0.582. The molecule has 1 aromatic heterocycles. The molecule has 1 heterocycles. The summed E-state index contributed by atoms with van der Waals surface area (Å²) in [5.74, 6) is -1.25. The lowest BCUT2D eigenvalue weighted by atomic mass is 10.2. The van der Waals surface area contributed by atoms with E-state index in [1.54, 1.807) is 6.07 Å². The fourth-order valence-electron chi connectivity index (χ4n) is 3.82. The van der Waals surface area contributed by atoms with E-state index in [0.29, 0.717) is 30.3 Å². The normalized spacial score (nSPS) is 14.0. The highest BCUT2D eigenvalue weighted by Gasteiger charge is 2.33. The SMILES string of the molecule is CCCCn1c(N)c(N(C(=O)COc2ccc(Br)cc2F)C2CCCC2)c(=O)[nH]c1=O. The molecule has 168 valence electrons. The summed E-state index contributed by atoms with van der Waals surface area (Å²) in [6.07, 6.45) is 4.74. The Morgan fingerprint density at radius 3 is 2.71 bits per heavy atom. The highest BCUT2D eigenvalue weighted by Crippen LogP contribution is 2.30. The van der Waals surface area contributed by atoms with E-state index in [9.17, 15) is 18.8 Å². The second kappa shape index (κ2) is 10.1. The van der Waals surface area contributed by atoms with Gasteiger partial charge < -0.3 is 10.5 Å². The number of rotatable bonds is 8. The first-order chi connectivity index (χ1) is 14.8. The third-order valence-corrected chi connectivity index (χ3v) is 5.89. The van der Waals surface area contributed by atoms with E-state index in [1.807, 2.05) is 6.92 Å². The largest absolute Gasteiger partial charge is 0.481 e. The van der Waals surface area contributed by atoms with Crippen LogP contribution in [-0.4, -0.2) is 28.1 Å². The second-order valence-electron chi connectivity index (χ2n) is 7.56. The Kier molecular flexibility index (Phi) is 7.53. The lowest BCUT2D eigenvalue weighted by Gasteiger charge is -2.29. The number of benzene rings is 1. The van der Waals surface area contributed by atoms with Crippen LogP contribution in [0.25, 0.3) is 0 Å². The van der Waals surface area contributed by atoms with Gasteiger partial charge in [0, 0.05) is 17.1 Å². The Bertz CT molecular complexity index is 1060. The van der Waals surface area contributed by atoms with Crippen molar-refractivity contribution in [3.63, 3.8) is 0 Å². The fourth-order valence-corrected chi connectivity index (χ4v) is 4.16. The van der Waals surface area contributed by atoms with Crippen LogP contribution in [0.1, 0.15) is 45.4 Å². The predicted molar refractivity (Wildman–Crippen MR) is 120 cm³/mol. The molecule has 1 aliphatic rings. The Morgan fingerprint density at radius 2 is 2.06 bits per heavy atom. The van der Waals surface area contributed by atoms with Crippen molar-refractivity contribution in [1.82, 2.24) is 9.55 Å². The van der Waals surface area contributed by atoms with Crippen molar-refractivity contribution in [2.45, 2.75) is 58.0 Å². The topological polar surface area (TPSA) is 110 Å². The summed E-state index contributed by atoms with van der Waals surface area (Å²) in [6.45, 7) is 1.83. The van der Waals surface area contributed by atoms with E-state index < -0.39 is 29.6 Å². The lowest BCUT2D eigenvalue weighted by Crippen LogP contribution is -2.47. The molecule has 0 spiro atoms. The first-order valence-corrected chi connectivity index (χ1v) is 11.1. The number of carbonyl (C=O) groups excluding carboxylic acids is 1. The van der Waals surface area contributed by atoms with Crippen LogP contribution in [0, 0.1) is 5.82 Å². The van der Waals surface area contributed by atoms with Crippen molar-refractivity contribution in [1.29, 1.82) is 0 Å². The van der Waals surface area contributed by atoms with Gasteiger partial charge in [-0.1, -0.05) is 42.1 Å². The fraction of sp³-hybridized carbons (Fsp3) is 0.476. The van der Waals surface area contributed by atoms with Gasteiger partial charge in [0.05, 0.1) is 0 Å². The van der Waals surface area contributed by atoms with E-state index in [0.717, 1.165) is 19.3 Å². The molecule has 3 rings (SSSR count). The van der Waals surface area contributed by atoms with Gasteiger partial charge in [0.25, 0.3) is 11.5 Å². The van der Waals surface area contributed by atoms with Gasteiger partial charge in [-0.3, -0.25) is 24.0 Å². The molecule has 1 fully saturated rings. The monoisotopic (exact) mass is 496 g/mol. The average Bonchev–Trinajstić information content (AvgIpc) is 3.24.